The van der Waals surface area contributed by atoms with Crippen molar-refractivity contribution in [2.75, 3.05) is 13.7 Å². The van der Waals surface area contributed by atoms with Crippen LogP contribution in [0.15, 0.2) is 6.07 Å². The molecule has 0 aliphatic heterocycles. The lowest BCUT2D eigenvalue weighted by Crippen LogP contribution is -2.45. The SMILES string of the molecule is COc1cc(C)nc(OCC2(N)CCCCCC2)n1. The molecular formula is C14H23N3O2. The summed E-state index contributed by atoms with van der Waals surface area (Å²) >= 11 is 0. The molecular weight excluding hydrogens is 242 g/mol. The molecule has 0 spiro atoms. The van der Waals surface area contributed by atoms with Crippen molar-refractivity contribution in [3.05, 3.63) is 11.8 Å². The molecule has 2 rings (SSSR count). The third-order valence-electron chi connectivity index (χ3n) is 3.61. The van der Waals surface area contributed by atoms with Gasteiger partial charge in [0.15, 0.2) is 0 Å². The highest BCUT2D eigenvalue weighted by Crippen LogP contribution is 2.25. The van der Waals surface area contributed by atoms with Gasteiger partial charge in [-0.25, -0.2) is 4.98 Å². The summed E-state index contributed by atoms with van der Waals surface area (Å²) < 4.78 is 10.8. The lowest BCUT2D eigenvalue weighted by molar-refractivity contribution is 0.185. The first-order valence-electron chi connectivity index (χ1n) is 6.93. The molecule has 5 nitrogen and oxygen atoms in total. The highest BCUT2D eigenvalue weighted by atomic mass is 16.5. The number of rotatable bonds is 4. The fourth-order valence-electron chi connectivity index (χ4n) is 2.47. The van der Waals surface area contributed by atoms with Gasteiger partial charge in [0.2, 0.25) is 5.88 Å². The van der Waals surface area contributed by atoms with Crippen LogP contribution < -0.4 is 15.2 Å². The largest absolute Gasteiger partial charge is 0.481 e. The van der Waals surface area contributed by atoms with Crippen molar-refractivity contribution in [1.29, 1.82) is 0 Å². The standard InChI is InChI=1S/C14H23N3O2/c1-11-9-12(18-2)17-13(16-11)19-10-14(15)7-5-3-4-6-8-14/h9H,3-8,10,15H2,1-2H3. The van der Waals surface area contributed by atoms with E-state index in [9.17, 15) is 0 Å². The van der Waals surface area contributed by atoms with Crippen LogP contribution in [0.1, 0.15) is 44.2 Å². The van der Waals surface area contributed by atoms with Gasteiger partial charge in [0, 0.05) is 11.8 Å². The Morgan fingerprint density at radius 2 is 1.89 bits per heavy atom. The van der Waals surface area contributed by atoms with E-state index in [4.69, 9.17) is 15.2 Å². The third-order valence-corrected chi connectivity index (χ3v) is 3.61. The topological polar surface area (TPSA) is 70.3 Å². The van der Waals surface area contributed by atoms with Gasteiger partial charge >= 0.3 is 6.01 Å². The Bertz CT molecular complexity index is 415. The number of aromatic nitrogens is 2. The molecule has 1 aliphatic rings. The molecule has 0 amide bonds. The molecule has 5 heteroatoms. The Morgan fingerprint density at radius 1 is 1.21 bits per heavy atom. The summed E-state index contributed by atoms with van der Waals surface area (Å²) in [6.07, 6.45) is 6.92. The summed E-state index contributed by atoms with van der Waals surface area (Å²) in [4.78, 5) is 8.43. The number of hydrogen-bond donors (Lipinski definition) is 1. The summed E-state index contributed by atoms with van der Waals surface area (Å²) in [5.41, 5.74) is 6.99. The fraction of sp³-hybridized carbons (Fsp3) is 0.714. The summed E-state index contributed by atoms with van der Waals surface area (Å²) in [6.45, 7) is 2.36. The number of ether oxygens (including phenoxy) is 2. The van der Waals surface area contributed by atoms with E-state index in [2.05, 4.69) is 9.97 Å². The number of nitrogens with zero attached hydrogens (tertiary/aromatic N) is 2. The molecule has 106 valence electrons. The fourth-order valence-corrected chi connectivity index (χ4v) is 2.47. The first kappa shape index (κ1) is 14.1. The lowest BCUT2D eigenvalue weighted by atomic mass is 9.93. The highest BCUT2D eigenvalue weighted by Gasteiger charge is 2.27. The maximum Gasteiger partial charge on any atom is 0.319 e. The van der Waals surface area contributed by atoms with E-state index in [1.165, 1.54) is 25.7 Å². The van der Waals surface area contributed by atoms with Crippen LogP contribution in [0.25, 0.3) is 0 Å². The molecule has 2 N–H and O–H groups in total. The van der Waals surface area contributed by atoms with Crippen LogP contribution in [-0.2, 0) is 0 Å². The van der Waals surface area contributed by atoms with Crippen LogP contribution in [0.4, 0.5) is 0 Å². The number of hydrogen-bond acceptors (Lipinski definition) is 5. The smallest absolute Gasteiger partial charge is 0.319 e. The Morgan fingerprint density at radius 3 is 2.53 bits per heavy atom. The summed E-state index contributed by atoms with van der Waals surface area (Å²) in [5.74, 6) is 0.523. The molecule has 0 atom stereocenters. The normalized spacial score (nSPS) is 18.7. The monoisotopic (exact) mass is 265 g/mol. The van der Waals surface area contributed by atoms with E-state index >= 15 is 0 Å². The molecule has 1 aromatic heterocycles. The molecule has 1 fully saturated rings. The molecule has 1 heterocycles. The molecule has 1 aliphatic carbocycles. The molecule has 19 heavy (non-hydrogen) atoms. The van der Waals surface area contributed by atoms with E-state index in [-0.39, 0.29) is 5.54 Å². The zero-order chi connectivity index (χ0) is 13.7. The first-order chi connectivity index (χ1) is 9.11. The quantitative estimate of drug-likeness (QED) is 0.845. The van der Waals surface area contributed by atoms with Gasteiger partial charge in [0.1, 0.15) is 6.61 Å². The van der Waals surface area contributed by atoms with Crippen LogP contribution >= 0.6 is 0 Å². The second kappa shape index (κ2) is 6.19. The summed E-state index contributed by atoms with van der Waals surface area (Å²) in [7, 11) is 1.58. The maximum absolute atomic E-state index is 6.40. The number of nitrogens with two attached hydrogens (primary N) is 1. The summed E-state index contributed by atoms with van der Waals surface area (Å²) in [6, 6.07) is 2.13. The van der Waals surface area contributed by atoms with Gasteiger partial charge in [0.05, 0.1) is 12.6 Å². The maximum atomic E-state index is 6.40. The predicted molar refractivity (Wildman–Crippen MR) is 73.4 cm³/mol. The van der Waals surface area contributed by atoms with Gasteiger partial charge in [0.25, 0.3) is 0 Å². The third kappa shape index (κ3) is 4.06. The second-order valence-electron chi connectivity index (χ2n) is 5.40. The first-order valence-corrected chi connectivity index (χ1v) is 6.93. The minimum Gasteiger partial charge on any atom is -0.481 e. The van der Waals surface area contributed by atoms with Gasteiger partial charge in [-0.1, -0.05) is 25.7 Å². The van der Waals surface area contributed by atoms with Crippen molar-refractivity contribution in [2.45, 2.75) is 51.0 Å². The predicted octanol–water partition coefficient (Wildman–Crippen LogP) is 2.22. The molecule has 1 aromatic rings. The summed E-state index contributed by atoms with van der Waals surface area (Å²) in [5, 5.41) is 0. The average Bonchev–Trinajstić information content (AvgIpc) is 2.61. The lowest BCUT2D eigenvalue weighted by Gasteiger charge is -2.27. The minimum atomic E-state index is -0.239. The van der Waals surface area contributed by atoms with Crippen LogP contribution in [0, 0.1) is 6.92 Å². The molecule has 0 bridgehead atoms. The van der Waals surface area contributed by atoms with Crippen molar-refractivity contribution in [3.63, 3.8) is 0 Å². The van der Waals surface area contributed by atoms with E-state index in [0.717, 1.165) is 18.5 Å². The van der Waals surface area contributed by atoms with E-state index in [1.54, 1.807) is 13.2 Å². The molecule has 0 aromatic carbocycles. The van der Waals surface area contributed by atoms with Gasteiger partial charge in [-0.05, 0) is 19.8 Å². The van der Waals surface area contributed by atoms with E-state index in [1.807, 2.05) is 6.92 Å². The average molecular weight is 265 g/mol. The second-order valence-corrected chi connectivity index (χ2v) is 5.40. The number of aryl methyl sites for hydroxylation is 1. The number of methoxy groups -OCH3 is 1. The van der Waals surface area contributed by atoms with Crippen LogP contribution in [0.5, 0.6) is 11.9 Å². The molecule has 1 saturated carbocycles. The molecule has 0 unspecified atom stereocenters. The molecule has 0 saturated heterocycles. The van der Waals surface area contributed by atoms with Crippen molar-refractivity contribution in [3.8, 4) is 11.9 Å². The van der Waals surface area contributed by atoms with E-state index in [0.29, 0.717) is 18.5 Å². The minimum absolute atomic E-state index is 0.239. The van der Waals surface area contributed by atoms with Crippen LogP contribution in [0.2, 0.25) is 0 Å². The van der Waals surface area contributed by atoms with Crippen molar-refractivity contribution >= 4 is 0 Å². The highest BCUT2D eigenvalue weighted by molar-refractivity contribution is 5.17. The van der Waals surface area contributed by atoms with Crippen LogP contribution in [-0.4, -0.2) is 29.2 Å². The van der Waals surface area contributed by atoms with Gasteiger partial charge in [-0.3, -0.25) is 0 Å². The Kier molecular flexibility index (Phi) is 4.58. The molecule has 0 radical (unpaired) electrons. The van der Waals surface area contributed by atoms with Gasteiger partial charge < -0.3 is 15.2 Å². The van der Waals surface area contributed by atoms with Gasteiger partial charge in [-0.2, -0.15) is 4.98 Å². The van der Waals surface area contributed by atoms with Gasteiger partial charge in [-0.15, -0.1) is 0 Å². The van der Waals surface area contributed by atoms with E-state index < -0.39 is 0 Å². The zero-order valence-electron chi connectivity index (χ0n) is 11.8. The van der Waals surface area contributed by atoms with Crippen molar-refractivity contribution in [2.24, 2.45) is 5.73 Å². The Labute approximate surface area is 114 Å². The zero-order valence-corrected chi connectivity index (χ0v) is 11.8. The van der Waals surface area contributed by atoms with Crippen LogP contribution in [0.3, 0.4) is 0 Å². The van der Waals surface area contributed by atoms with Crippen molar-refractivity contribution < 1.29 is 9.47 Å². The Balaban J connectivity index is 1.99. The van der Waals surface area contributed by atoms with Crippen molar-refractivity contribution in [1.82, 2.24) is 9.97 Å². The Hall–Kier alpha value is -1.36.